The van der Waals surface area contributed by atoms with Crippen LogP contribution in [0.3, 0.4) is 0 Å². The summed E-state index contributed by atoms with van der Waals surface area (Å²) in [6, 6.07) is 3.60. The number of carbonyl (C=O) groups is 1. The number of ether oxygens (including phenoxy) is 2. The molecule has 1 aliphatic rings. The van der Waals surface area contributed by atoms with Gasteiger partial charge in [-0.3, -0.25) is 4.79 Å². The second kappa shape index (κ2) is 4.75. The summed E-state index contributed by atoms with van der Waals surface area (Å²) in [6.45, 7) is 3.41. The predicted molar refractivity (Wildman–Crippen MR) is 65.0 cm³/mol. The molecule has 0 saturated carbocycles. The van der Waals surface area contributed by atoms with Gasteiger partial charge in [-0.05, 0) is 19.1 Å². The van der Waals surface area contributed by atoms with Crippen LogP contribution in [0.1, 0.15) is 15.9 Å². The van der Waals surface area contributed by atoms with Crippen LogP contribution >= 0.6 is 0 Å². The number of carbonyl (C=O) groups excluding carboxylic acids is 1. The highest BCUT2D eigenvalue weighted by molar-refractivity contribution is 6.01. The lowest BCUT2D eigenvalue weighted by Crippen LogP contribution is -2.46. The minimum absolute atomic E-state index is 0.0803. The first kappa shape index (κ1) is 11.9. The maximum absolute atomic E-state index is 12.2. The zero-order valence-electron chi connectivity index (χ0n) is 10.4. The Kier molecular flexibility index (Phi) is 3.33. The fourth-order valence-electron chi connectivity index (χ4n) is 2.05. The molecule has 0 radical (unpaired) electrons. The van der Waals surface area contributed by atoms with Crippen molar-refractivity contribution >= 4 is 5.78 Å². The van der Waals surface area contributed by atoms with E-state index >= 15 is 0 Å². The molecule has 0 spiro atoms. The molecule has 92 valence electrons. The van der Waals surface area contributed by atoms with E-state index in [1.165, 1.54) is 0 Å². The molecular weight excluding hydrogens is 218 g/mol. The van der Waals surface area contributed by atoms with E-state index in [4.69, 9.17) is 9.47 Å². The summed E-state index contributed by atoms with van der Waals surface area (Å²) in [5.41, 5.74) is 1.52. The summed E-state index contributed by atoms with van der Waals surface area (Å²) in [6.07, 6.45) is 0. The second-order valence-electron chi connectivity index (χ2n) is 4.19. The van der Waals surface area contributed by atoms with Gasteiger partial charge in [0.1, 0.15) is 11.5 Å². The van der Waals surface area contributed by atoms with Crippen LogP contribution < -0.4 is 14.8 Å². The summed E-state index contributed by atoms with van der Waals surface area (Å²) in [5.74, 6) is 1.59. The van der Waals surface area contributed by atoms with Gasteiger partial charge < -0.3 is 14.8 Å². The Morgan fingerprint density at radius 1 is 1.29 bits per heavy atom. The van der Waals surface area contributed by atoms with E-state index in [0.717, 1.165) is 24.4 Å². The molecule has 1 fully saturated rings. The predicted octanol–water partition coefficient (Wildman–Crippen LogP) is 1.41. The number of Topliss-reactive ketones (excluding diaryl/α,β-unsaturated/α-hetero) is 1. The van der Waals surface area contributed by atoms with Crippen molar-refractivity contribution in [2.75, 3.05) is 27.3 Å². The standard InChI is InChI=1S/C13H17NO3/c1-8-11(16-2)5-4-10(13(8)17-3)12(15)9-6-14-7-9/h4-5,9,14H,6-7H2,1-3H3. The van der Waals surface area contributed by atoms with Crippen LogP contribution in [0.2, 0.25) is 0 Å². The molecular formula is C13H17NO3. The van der Waals surface area contributed by atoms with E-state index in [1.807, 2.05) is 13.0 Å². The van der Waals surface area contributed by atoms with E-state index in [-0.39, 0.29) is 11.7 Å². The minimum Gasteiger partial charge on any atom is -0.496 e. The third-order valence-electron chi connectivity index (χ3n) is 3.20. The van der Waals surface area contributed by atoms with Gasteiger partial charge in [-0.1, -0.05) is 0 Å². The van der Waals surface area contributed by atoms with Crippen LogP contribution in [-0.4, -0.2) is 33.1 Å². The van der Waals surface area contributed by atoms with E-state index < -0.39 is 0 Å². The fraction of sp³-hybridized carbons (Fsp3) is 0.462. The van der Waals surface area contributed by atoms with Gasteiger partial charge in [0.2, 0.25) is 0 Å². The Hall–Kier alpha value is -1.55. The first-order valence-electron chi connectivity index (χ1n) is 5.65. The van der Waals surface area contributed by atoms with Crippen molar-refractivity contribution in [1.29, 1.82) is 0 Å². The number of methoxy groups -OCH3 is 2. The number of ketones is 1. The topological polar surface area (TPSA) is 47.6 Å². The molecule has 4 nitrogen and oxygen atoms in total. The molecule has 1 aromatic carbocycles. The third kappa shape index (κ3) is 2.00. The van der Waals surface area contributed by atoms with Crippen molar-refractivity contribution in [2.45, 2.75) is 6.92 Å². The molecule has 4 heteroatoms. The summed E-state index contributed by atoms with van der Waals surface area (Å²) in [5, 5.41) is 3.10. The Bertz CT molecular complexity index is 439. The van der Waals surface area contributed by atoms with E-state index in [2.05, 4.69) is 5.32 Å². The zero-order valence-corrected chi connectivity index (χ0v) is 10.4. The van der Waals surface area contributed by atoms with Crippen LogP contribution in [0, 0.1) is 12.8 Å². The Morgan fingerprint density at radius 2 is 2.00 bits per heavy atom. The van der Waals surface area contributed by atoms with Crippen molar-refractivity contribution in [3.8, 4) is 11.5 Å². The number of hydrogen-bond donors (Lipinski definition) is 1. The zero-order chi connectivity index (χ0) is 12.4. The lowest BCUT2D eigenvalue weighted by molar-refractivity contribution is 0.0875. The molecule has 1 saturated heterocycles. The largest absolute Gasteiger partial charge is 0.496 e. The highest BCUT2D eigenvalue weighted by atomic mass is 16.5. The maximum Gasteiger partial charge on any atom is 0.172 e. The molecule has 0 unspecified atom stereocenters. The van der Waals surface area contributed by atoms with Crippen LogP contribution in [0.15, 0.2) is 12.1 Å². The molecule has 0 aromatic heterocycles. The maximum atomic E-state index is 12.2. The normalized spacial score (nSPS) is 15.2. The van der Waals surface area contributed by atoms with Crippen LogP contribution in [0.5, 0.6) is 11.5 Å². The van der Waals surface area contributed by atoms with Gasteiger partial charge in [-0.2, -0.15) is 0 Å². The van der Waals surface area contributed by atoms with Crippen LogP contribution in [0.4, 0.5) is 0 Å². The van der Waals surface area contributed by atoms with Gasteiger partial charge in [-0.15, -0.1) is 0 Å². The molecule has 0 aliphatic carbocycles. The molecule has 0 amide bonds. The molecule has 1 aromatic rings. The molecule has 1 aliphatic heterocycles. The SMILES string of the molecule is COc1ccc(C(=O)C2CNC2)c(OC)c1C. The molecule has 0 atom stereocenters. The first-order valence-corrected chi connectivity index (χ1v) is 5.65. The van der Waals surface area contributed by atoms with Gasteiger partial charge in [0, 0.05) is 24.6 Å². The molecule has 1 N–H and O–H groups in total. The smallest absolute Gasteiger partial charge is 0.172 e. The van der Waals surface area contributed by atoms with E-state index in [0.29, 0.717) is 11.3 Å². The first-order chi connectivity index (χ1) is 8.19. The Labute approximate surface area is 101 Å². The molecule has 1 heterocycles. The van der Waals surface area contributed by atoms with Crippen LogP contribution in [0.25, 0.3) is 0 Å². The Balaban J connectivity index is 2.39. The van der Waals surface area contributed by atoms with Crippen molar-refractivity contribution < 1.29 is 14.3 Å². The Morgan fingerprint density at radius 3 is 2.47 bits per heavy atom. The lowest BCUT2D eigenvalue weighted by Gasteiger charge is -2.26. The van der Waals surface area contributed by atoms with E-state index in [9.17, 15) is 4.79 Å². The fourth-order valence-corrected chi connectivity index (χ4v) is 2.05. The molecule has 0 bridgehead atoms. The summed E-state index contributed by atoms with van der Waals surface area (Å²) in [4.78, 5) is 12.2. The minimum atomic E-state index is 0.0803. The quantitative estimate of drug-likeness (QED) is 0.802. The van der Waals surface area contributed by atoms with Crippen molar-refractivity contribution in [3.05, 3.63) is 23.3 Å². The number of nitrogens with one attached hydrogen (secondary N) is 1. The average Bonchev–Trinajstić information content (AvgIpc) is 2.26. The van der Waals surface area contributed by atoms with Gasteiger partial charge in [0.15, 0.2) is 5.78 Å². The third-order valence-corrected chi connectivity index (χ3v) is 3.20. The van der Waals surface area contributed by atoms with Gasteiger partial charge in [0.25, 0.3) is 0 Å². The summed E-state index contributed by atoms with van der Waals surface area (Å²) < 4.78 is 10.6. The highest BCUT2D eigenvalue weighted by Gasteiger charge is 2.28. The number of benzene rings is 1. The number of rotatable bonds is 4. The van der Waals surface area contributed by atoms with Gasteiger partial charge in [0.05, 0.1) is 19.8 Å². The van der Waals surface area contributed by atoms with E-state index in [1.54, 1.807) is 20.3 Å². The average molecular weight is 235 g/mol. The lowest BCUT2D eigenvalue weighted by atomic mass is 9.91. The van der Waals surface area contributed by atoms with Crippen molar-refractivity contribution in [1.82, 2.24) is 5.32 Å². The van der Waals surface area contributed by atoms with Crippen molar-refractivity contribution in [3.63, 3.8) is 0 Å². The second-order valence-corrected chi connectivity index (χ2v) is 4.19. The summed E-state index contributed by atoms with van der Waals surface area (Å²) in [7, 11) is 3.19. The molecule has 17 heavy (non-hydrogen) atoms. The molecule has 2 rings (SSSR count). The van der Waals surface area contributed by atoms with Crippen molar-refractivity contribution in [2.24, 2.45) is 5.92 Å². The van der Waals surface area contributed by atoms with Gasteiger partial charge >= 0.3 is 0 Å². The van der Waals surface area contributed by atoms with Crippen LogP contribution in [-0.2, 0) is 0 Å². The monoisotopic (exact) mass is 235 g/mol. The summed E-state index contributed by atoms with van der Waals surface area (Å²) >= 11 is 0. The highest BCUT2D eigenvalue weighted by Crippen LogP contribution is 2.33. The number of hydrogen-bond acceptors (Lipinski definition) is 4. The van der Waals surface area contributed by atoms with Gasteiger partial charge in [-0.25, -0.2) is 0 Å².